The molecule has 5 rings (SSSR count). The molecule has 30 heavy (non-hydrogen) atoms. The van der Waals surface area contributed by atoms with Crippen molar-refractivity contribution in [2.24, 2.45) is 0 Å². The molecule has 0 spiro atoms. The van der Waals surface area contributed by atoms with Gasteiger partial charge in [-0.2, -0.15) is 0 Å². The Morgan fingerprint density at radius 2 is 2.07 bits per heavy atom. The number of hydrogen-bond acceptors (Lipinski definition) is 5. The van der Waals surface area contributed by atoms with E-state index in [9.17, 15) is 4.79 Å². The van der Waals surface area contributed by atoms with Gasteiger partial charge in [-0.3, -0.25) is 4.79 Å². The molecule has 0 saturated carbocycles. The monoisotopic (exact) mass is 436 g/mol. The summed E-state index contributed by atoms with van der Waals surface area (Å²) in [5, 5.41) is 10.6. The molecule has 0 unspecified atom stereocenters. The molecular formula is C23H24N4OS2. The minimum atomic E-state index is 0.0106. The maximum atomic E-state index is 13.8. The standard InChI is InChI=1S/C23H24N4OS2/c1-13(2)12-29-23-25-24-22-26(16-10-8-14(3)9-11-16)20(28)19-18-15(4)6-5-7-17(18)30-21(19)27(22)23/h8-11,15H,1,5-7,12H2,2-4H3/t15-/m1/s1. The van der Waals surface area contributed by atoms with E-state index < -0.39 is 0 Å². The molecule has 1 atom stereocenters. The zero-order valence-corrected chi connectivity index (χ0v) is 19.1. The van der Waals surface area contributed by atoms with Crippen LogP contribution in [0.4, 0.5) is 0 Å². The van der Waals surface area contributed by atoms with Crippen molar-refractivity contribution in [3.8, 4) is 5.69 Å². The number of rotatable bonds is 4. The van der Waals surface area contributed by atoms with Gasteiger partial charge in [0, 0.05) is 10.6 Å². The average molecular weight is 437 g/mol. The molecule has 3 aromatic heterocycles. The normalized spacial score (nSPS) is 16.3. The molecule has 3 heterocycles. The average Bonchev–Trinajstić information content (AvgIpc) is 3.30. The zero-order valence-electron chi connectivity index (χ0n) is 17.4. The molecule has 7 heteroatoms. The highest BCUT2D eigenvalue weighted by Gasteiger charge is 2.28. The van der Waals surface area contributed by atoms with Gasteiger partial charge in [-0.15, -0.1) is 21.5 Å². The molecule has 0 fully saturated rings. The highest BCUT2D eigenvalue weighted by Crippen LogP contribution is 2.41. The Labute approximate surface area is 183 Å². The Bertz CT molecular complexity index is 1340. The molecule has 0 N–H and O–H groups in total. The third-order valence-corrected chi connectivity index (χ3v) is 8.12. The van der Waals surface area contributed by atoms with Crippen molar-refractivity contribution >= 4 is 39.1 Å². The van der Waals surface area contributed by atoms with Crippen molar-refractivity contribution in [2.75, 3.05) is 5.75 Å². The van der Waals surface area contributed by atoms with Gasteiger partial charge in [0.05, 0.1) is 11.1 Å². The molecule has 5 nitrogen and oxygen atoms in total. The smallest absolute Gasteiger partial charge is 0.268 e. The number of benzene rings is 1. The third kappa shape index (κ3) is 3.03. The van der Waals surface area contributed by atoms with Crippen LogP contribution in [0.5, 0.6) is 0 Å². The van der Waals surface area contributed by atoms with Crippen molar-refractivity contribution in [3.63, 3.8) is 0 Å². The fourth-order valence-electron chi connectivity index (χ4n) is 4.26. The lowest BCUT2D eigenvalue weighted by molar-refractivity contribution is 0.601. The van der Waals surface area contributed by atoms with E-state index in [2.05, 4.69) is 28.1 Å². The van der Waals surface area contributed by atoms with Gasteiger partial charge in [0.25, 0.3) is 5.56 Å². The predicted molar refractivity (Wildman–Crippen MR) is 126 cm³/mol. The van der Waals surface area contributed by atoms with E-state index in [4.69, 9.17) is 0 Å². The van der Waals surface area contributed by atoms with Crippen molar-refractivity contribution in [1.82, 2.24) is 19.2 Å². The van der Waals surface area contributed by atoms with Gasteiger partial charge in [-0.1, -0.05) is 48.5 Å². The van der Waals surface area contributed by atoms with Crippen LogP contribution in [0, 0.1) is 6.92 Å². The Morgan fingerprint density at radius 1 is 1.30 bits per heavy atom. The maximum absolute atomic E-state index is 13.8. The summed E-state index contributed by atoms with van der Waals surface area (Å²) in [6, 6.07) is 8.03. The number of aryl methyl sites for hydroxylation is 2. The number of thiophene rings is 1. The van der Waals surface area contributed by atoms with Crippen LogP contribution in [0.2, 0.25) is 0 Å². The molecule has 0 radical (unpaired) electrons. The van der Waals surface area contributed by atoms with E-state index in [1.807, 2.05) is 38.1 Å². The van der Waals surface area contributed by atoms with Crippen molar-refractivity contribution < 1.29 is 0 Å². The Morgan fingerprint density at radius 3 is 2.80 bits per heavy atom. The van der Waals surface area contributed by atoms with Crippen LogP contribution in [0.15, 0.2) is 46.4 Å². The number of thioether (sulfide) groups is 1. The Balaban J connectivity index is 1.89. The van der Waals surface area contributed by atoms with Crippen LogP contribution < -0.4 is 5.56 Å². The number of aromatic nitrogens is 4. The summed E-state index contributed by atoms with van der Waals surface area (Å²) in [6.07, 6.45) is 3.34. The predicted octanol–water partition coefficient (Wildman–Crippen LogP) is 5.51. The van der Waals surface area contributed by atoms with Crippen molar-refractivity contribution in [1.29, 1.82) is 0 Å². The Hall–Kier alpha value is -2.38. The first kappa shape index (κ1) is 19.6. The second-order valence-corrected chi connectivity index (χ2v) is 10.3. The fraction of sp³-hybridized carbons (Fsp3) is 0.348. The van der Waals surface area contributed by atoms with Gasteiger partial charge in [-0.05, 0) is 56.7 Å². The van der Waals surface area contributed by atoms with Gasteiger partial charge >= 0.3 is 0 Å². The molecule has 1 aromatic carbocycles. The maximum Gasteiger partial charge on any atom is 0.268 e. The molecule has 1 aliphatic rings. The third-order valence-electron chi connectivity index (χ3n) is 5.71. The quantitative estimate of drug-likeness (QED) is 0.313. The molecule has 0 saturated heterocycles. The zero-order chi connectivity index (χ0) is 21.0. The lowest BCUT2D eigenvalue weighted by Gasteiger charge is -2.18. The summed E-state index contributed by atoms with van der Waals surface area (Å²) < 4.78 is 3.81. The lowest BCUT2D eigenvalue weighted by atomic mass is 9.88. The Kier molecular flexibility index (Phi) is 4.82. The van der Waals surface area contributed by atoms with E-state index >= 15 is 0 Å². The first-order valence-corrected chi connectivity index (χ1v) is 12.1. The van der Waals surface area contributed by atoms with Gasteiger partial charge in [0.2, 0.25) is 5.78 Å². The second-order valence-electron chi connectivity index (χ2n) is 8.25. The van der Waals surface area contributed by atoms with E-state index in [-0.39, 0.29) is 5.56 Å². The topological polar surface area (TPSA) is 52.2 Å². The van der Waals surface area contributed by atoms with Gasteiger partial charge in [0.15, 0.2) is 5.16 Å². The molecule has 0 amide bonds. The van der Waals surface area contributed by atoms with Crippen LogP contribution in [0.3, 0.4) is 0 Å². The van der Waals surface area contributed by atoms with E-state index in [1.54, 1.807) is 27.7 Å². The summed E-state index contributed by atoms with van der Waals surface area (Å²) in [5.41, 5.74) is 4.31. The molecule has 154 valence electrons. The van der Waals surface area contributed by atoms with E-state index in [1.165, 1.54) is 16.9 Å². The summed E-state index contributed by atoms with van der Waals surface area (Å²) in [5.74, 6) is 1.74. The summed E-state index contributed by atoms with van der Waals surface area (Å²) in [6.45, 7) is 10.3. The van der Waals surface area contributed by atoms with Gasteiger partial charge in [0.1, 0.15) is 4.83 Å². The molecule has 4 aromatic rings. The largest absolute Gasteiger partial charge is 0.268 e. The summed E-state index contributed by atoms with van der Waals surface area (Å²) in [4.78, 5) is 16.2. The molecule has 1 aliphatic carbocycles. The second kappa shape index (κ2) is 7.39. The first-order chi connectivity index (χ1) is 14.5. The molecule has 0 bridgehead atoms. The van der Waals surface area contributed by atoms with E-state index in [0.29, 0.717) is 11.7 Å². The highest BCUT2D eigenvalue weighted by molar-refractivity contribution is 7.99. The van der Waals surface area contributed by atoms with Crippen LogP contribution in [-0.2, 0) is 6.42 Å². The van der Waals surface area contributed by atoms with Gasteiger partial charge in [-0.25, -0.2) is 8.97 Å². The number of hydrogen-bond donors (Lipinski definition) is 0. The number of fused-ring (bicyclic) bond motifs is 5. The summed E-state index contributed by atoms with van der Waals surface area (Å²) in [7, 11) is 0. The van der Waals surface area contributed by atoms with Crippen LogP contribution in [0.1, 0.15) is 48.6 Å². The van der Waals surface area contributed by atoms with Crippen molar-refractivity contribution in [3.05, 3.63) is 62.8 Å². The number of nitrogens with zero attached hydrogens (tertiary/aromatic N) is 4. The fourth-order valence-corrected chi connectivity index (χ4v) is 6.54. The van der Waals surface area contributed by atoms with Crippen molar-refractivity contribution in [2.45, 2.75) is 51.1 Å². The highest BCUT2D eigenvalue weighted by atomic mass is 32.2. The molecular weight excluding hydrogens is 412 g/mol. The first-order valence-electron chi connectivity index (χ1n) is 10.3. The van der Waals surface area contributed by atoms with Crippen LogP contribution in [-0.4, -0.2) is 24.9 Å². The lowest BCUT2D eigenvalue weighted by Crippen LogP contribution is -2.22. The minimum absolute atomic E-state index is 0.0106. The SMILES string of the molecule is C=C(C)CSc1nnc2n(-c3ccc(C)cc3)c(=O)c3c4c(sc3n12)CCC[C@H]4C. The van der Waals surface area contributed by atoms with Crippen LogP contribution in [0.25, 0.3) is 21.7 Å². The minimum Gasteiger partial charge on any atom is -0.268 e. The molecule has 0 aliphatic heterocycles. The van der Waals surface area contributed by atoms with E-state index in [0.717, 1.165) is 50.8 Å². The van der Waals surface area contributed by atoms with Gasteiger partial charge < -0.3 is 0 Å². The summed E-state index contributed by atoms with van der Waals surface area (Å²) >= 11 is 3.36. The van der Waals surface area contributed by atoms with Crippen LogP contribution >= 0.6 is 23.1 Å².